The van der Waals surface area contributed by atoms with Gasteiger partial charge < -0.3 is 16.0 Å². The molecule has 0 fully saturated rings. The van der Waals surface area contributed by atoms with Crippen LogP contribution in [0, 0.1) is 0 Å². The molecule has 0 saturated carbocycles. The fourth-order valence-corrected chi connectivity index (χ4v) is 4.55. The molecule has 5 aromatic carbocycles. The molecule has 0 aliphatic carbocycles. The molecule has 0 spiro atoms. The average molecular weight is 519 g/mol. The van der Waals surface area contributed by atoms with E-state index in [1.807, 2.05) is 42.5 Å². The van der Waals surface area contributed by atoms with Crippen LogP contribution in [0.15, 0.2) is 116 Å². The molecule has 0 aliphatic heterocycles. The molecule has 0 atom stereocenters. The maximum Gasteiger partial charge on any atom is 1.00 e. The van der Waals surface area contributed by atoms with Gasteiger partial charge in [-0.15, -0.1) is 20.5 Å². The largest absolute Gasteiger partial charge is 1.00 e. The number of hydrogen-bond donors (Lipinski definition) is 2. The summed E-state index contributed by atoms with van der Waals surface area (Å²) in [4.78, 5) is -0.321. The number of azo groups is 2. The Morgan fingerprint density at radius 2 is 1.16 bits per heavy atom. The third kappa shape index (κ3) is 5.38. The summed E-state index contributed by atoms with van der Waals surface area (Å²) in [6.45, 7) is 0. The smallest absolute Gasteiger partial charge is 0.744 e. The van der Waals surface area contributed by atoms with Gasteiger partial charge in [0, 0.05) is 16.2 Å². The van der Waals surface area contributed by atoms with Gasteiger partial charge >= 0.3 is 29.6 Å². The Labute approximate surface area is 235 Å². The number of nitrogens with two attached hydrogens (primary N) is 2. The van der Waals surface area contributed by atoms with Crippen LogP contribution in [0.5, 0.6) is 0 Å². The van der Waals surface area contributed by atoms with Crippen molar-refractivity contribution in [2.45, 2.75) is 4.90 Å². The topological polar surface area (TPSA) is 159 Å². The Bertz CT molecular complexity index is 1800. The van der Waals surface area contributed by atoms with Crippen molar-refractivity contribution in [2.75, 3.05) is 11.5 Å². The van der Waals surface area contributed by atoms with Crippen molar-refractivity contribution >= 4 is 65.8 Å². The third-order valence-electron chi connectivity index (χ3n) is 5.65. The molecule has 11 heteroatoms. The van der Waals surface area contributed by atoms with Crippen LogP contribution in [0.1, 0.15) is 0 Å². The molecule has 0 aromatic heterocycles. The first-order valence-electron chi connectivity index (χ1n) is 10.8. The van der Waals surface area contributed by atoms with Crippen LogP contribution in [-0.2, 0) is 10.1 Å². The van der Waals surface area contributed by atoms with Crippen molar-refractivity contribution in [1.82, 2.24) is 0 Å². The first kappa shape index (κ1) is 26.4. The van der Waals surface area contributed by atoms with E-state index in [-0.39, 0.29) is 51.2 Å². The predicted octanol–water partition coefficient (Wildman–Crippen LogP) is 3.90. The molecule has 0 radical (unpaired) electrons. The van der Waals surface area contributed by atoms with Gasteiger partial charge in [0.05, 0.1) is 27.6 Å². The first-order chi connectivity index (χ1) is 17.3. The minimum atomic E-state index is -4.66. The van der Waals surface area contributed by atoms with Crippen molar-refractivity contribution in [3.05, 3.63) is 91.0 Å². The van der Waals surface area contributed by atoms with Gasteiger partial charge in [-0.3, -0.25) is 0 Å². The fourth-order valence-electron chi connectivity index (χ4n) is 3.87. The second-order valence-corrected chi connectivity index (χ2v) is 9.27. The van der Waals surface area contributed by atoms with Crippen LogP contribution in [-0.4, -0.2) is 13.0 Å². The van der Waals surface area contributed by atoms with Gasteiger partial charge in [0.15, 0.2) is 0 Å². The third-order valence-corrected chi connectivity index (χ3v) is 6.54. The quantitative estimate of drug-likeness (QED) is 0.156. The molecule has 0 amide bonds. The Morgan fingerprint density at radius 3 is 1.92 bits per heavy atom. The number of fused-ring (bicyclic) bond motifs is 2. The van der Waals surface area contributed by atoms with Gasteiger partial charge in [-0.2, -0.15) is 0 Å². The maximum absolute atomic E-state index is 11.7. The first-order valence-corrected chi connectivity index (χ1v) is 12.2. The maximum atomic E-state index is 11.7. The van der Waals surface area contributed by atoms with Gasteiger partial charge in [0.25, 0.3) is 0 Å². The Kier molecular flexibility index (Phi) is 7.67. The molecule has 0 heterocycles. The van der Waals surface area contributed by atoms with Crippen LogP contribution in [0.4, 0.5) is 34.1 Å². The summed E-state index contributed by atoms with van der Waals surface area (Å²) in [6, 6.07) is 25.9. The number of anilines is 2. The summed E-state index contributed by atoms with van der Waals surface area (Å²) >= 11 is 0. The second kappa shape index (κ2) is 10.8. The molecule has 5 aromatic rings. The SMILES string of the molecule is Nc1ccc(N=Nc2ccc(S(=O)(=O)[O-])c3ccccc23)c(N=Nc2cccc3ccccc23)c1N.[Na+]. The van der Waals surface area contributed by atoms with E-state index in [2.05, 4.69) is 20.5 Å². The molecular formula is C26H19N6NaO3S. The number of benzene rings is 5. The summed E-state index contributed by atoms with van der Waals surface area (Å²) in [5, 5.41) is 20.0. The van der Waals surface area contributed by atoms with E-state index in [0.29, 0.717) is 28.1 Å². The van der Waals surface area contributed by atoms with Crippen molar-refractivity contribution < 1.29 is 42.5 Å². The summed E-state index contributed by atoms with van der Waals surface area (Å²) in [7, 11) is -4.66. The fraction of sp³-hybridized carbons (Fsp3) is 0. The molecule has 0 bridgehead atoms. The number of hydrogen-bond acceptors (Lipinski definition) is 9. The predicted molar refractivity (Wildman–Crippen MR) is 139 cm³/mol. The van der Waals surface area contributed by atoms with Gasteiger partial charge in [-0.05, 0) is 35.7 Å². The van der Waals surface area contributed by atoms with Gasteiger partial charge in [0.1, 0.15) is 21.5 Å². The van der Waals surface area contributed by atoms with Crippen molar-refractivity contribution in [2.24, 2.45) is 20.5 Å². The molecule has 178 valence electrons. The standard InChI is InChI=1S/C26H20N6O3S.Na/c27-20-12-13-23(26(25(20)28)32-30-21-11-5-7-16-6-1-2-8-17(16)21)31-29-22-14-15-24(36(33,34)35)19-10-4-3-9-18(19)22;/h1-15H,27-28H2,(H,33,34,35);/q;+1/p-1. The van der Waals surface area contributed by atoms with E-state index in [0.717, 1.165) is 10.8 Å². The summed E-state index contributed by atoms with van der Waals surface area (Å²) < 4.78 is 35.0. The zero-order chi connectivity index (χ0) is 25.3. The minimum Gasteiger partial charge on any atom is -0.744 e. The zero-order valence-electron chi connectivity index (χ0n) is 19.7. The average Bonchev–Trinajstić information content (AvgIpc) is 2.88. The molecule has 4 N–H and O–H groups in total. The van der Waals surface area contributed by atoms with E-state index in [4.69, 9.17) is 11.5 Å². The van der Waals surface area contributed by atoms with E-state index in [9.17, 15) is 13.0 Å². The molecule has 9 nitrogen and oxygen atoms in total. The molecular weight excluding hydrogens is 499 g/mol. The number of nitrogens with zero attached hydrogens (tertiary/aromatic N) is 4. The summed E-state index contributed by atoms with van der Waals surface area (Å²) in [5.74, 6) is 0. The van der Waals surface area contributed by atoms with Crippen LogP contribution in [0.2, 0.25) is 0 Å². The molecule has 0 saturated heterocycles. The van der Waals surface area contributed by atoms with Crippen molar-refractivity contribution in [3.63, 3.8) is 0 Å². The van der Waals surface area contributed by atoms with E-state index in [1.165, 1.54) is 12.1 Å². The number of nitrogen functional groups attached to an aromatic ring is 2. The van der Waals surface area contributed by atoms with Gasteiger partial charge in [-0.25, -0.2) is 8.42 Å². The van der Waals surface area contributed by atoms with E-state index >= 15 is 0 Å². The number of rotatable bonds is 5. The van der Waals surface area contributed by atoms with E-state index in [1.54, 1.807) is 36.4 Å². The Hall–Kier alpha value is -3.67. The van der Waals surface area contributed by atoms with Crippen LogP contribution < -0.4 is 41.0 Å². The van der Waals surface area contributed by atoms with Crippen LogP contribution in [0.25, 0.3) is 21.5 Å². The molecule has 0 unspecified atom stereocenters. The summed E-state index contributed by atoms with van der Waals surface area (Å²) in [5.41, 5.74) is 14.3. The normalized spacial score (nSPS) is 11.9. The monoisotopic (exact) mass is 518 g/mol. The van der Waals surface area contributed by atoms with Crippen molar-refractivity contribution in [3.8, 4) is 0 Å². The van der Waals surface area contributed by atoms with Gasteiger partial charge in [0.2, 0.25) is 0 Å². The molecule has 0 aliphatic rings. The Balaban J connectivity index is 0.00000320. The minimum absolute atomic E-state index is 0. The zero-order valence-corrected chi connectivity index (χ0v) is 22.6. The van der Waals surface area contributed by atoms with Crippen molar-refractivity contribution in [1.29, 1.82) is 0 Å². The Morgan fingerprint density at radius 1 is 0.595 bits per heavy atom. The molecule has 5 rings (SSSR count). The summed E-state index contributed by atoms with van der Waals surface area (Å²) in [6.07, 6.45) is 0. The van der Waals surface area contributed by atoms with Crippen LogP contribution in [0.3, 0.4) is 0 Å². The molecule has 37 heavy (non-hydrogen) atoms. The van der Waals surface area contributed by atoms with Gasteiger partial charge in [-0.1, -0.05) is 60.7 Å². The van der Waals surface area contributed by atoms with E-state index < -0.39 is 10.1 Å². The van der Waals surface area contributed by atoms with Crippen LogP contribution >= 0.6 is 0 Å². The second-order valence-electron chi connectivity index (χ2n) is 7.92.